The Labute approximate surface area is 214 Å². The molecule has 17 heteroatoms. The fraction of sp³-hybridized carbons (Fsp3) is 0.524. The third-order valence-electron chi connectivity index (χ3n) is 5.31. The highest BCUT2D eigenvalue weighted by Gasteiger charge is 2.44. The number of pyridine rings is 1. The molecule has 0 spiro atoms. The molecule has 0 bridgehead atoms. The van der Waals surface area contributed by atoms with E-state index < -0.39 is 30.1 Å². The summed E-state index contributed by atoms with van der Waals surface area (Å²) in [5, 5.41) is 14.2. The molecule has 1 saturated carbocycles. The molecule has 0 radical (unpaired) electrons. The number of aromatic nitrogens is 2. The van der Waals surface area contributed by atoms with E-state index >= 15 is 0 Å². The number of alkyl halides is 6. The predicted octanol–water partition coefficient (Wildman–Crippen LogP) is 4.06. The van der Waals surface area contributed by atoms with Crippen molar-refractivity contribution in [2.45, 2.75) is 56.9 Å². The van der Waals surface area contributed by atoms with Gasteiger partial charge in [0.05, 0.1) is 17.8 Å². The van der Waals surface area contributed by atoms with Gasteiger partial charge in [-0.15, -0.1) is 11.3 Å². The van der Waals surface area contributed by atoms with Gasteiger partial charge >= 0.3 is 24.3 Å². The molecule has 38 heavy (non-hydrogen) atoms. The van der Waals surface area contributed by atoms with E-state index in [2.05, 4.69) is 14.9 Å². The maximum atomic E-state index is 13.8. The zero-order valence-corrected chi connectivity index (χ0v) is 20.3. The zero-order valence-electron chi connectivity index (χ0n) is 19.5. The topological polar surface area (TPSA) is 122 Å². The molecule has 1 aliphatic carbocycles. The van der Waals surface area contributed by atoms with Gasteiger partial charge in [-0.3, -0.25) is 4.90 Å². The van der Waals surface area contributed by atoms with Gasteiger partial charge in [0.25, 0.3) is 5.88 Å². The number of nitrogens with zero attached hydrogens (tertiary/aromatic N) is 3. The number of aryl methyl sites for hydroxylation is 1. The number of halogens is 7. The molecule has 2 aromatic rings. The van der Waals surface area contributed by atoms with E-state index in [-0.39, 0.29) is 18.1 Å². The van der Waals surface area contributed by atoms with Crippen molar-refractivity contribution in [2.24, 2.45) is 0 Å². The second kappa shape index (κ2) is 13.1. The molecule has 4 rings (SSSR count). The summed E-state index contributed by atoms with van der Waals surface area (Å²) in [6.45, 7) is 4.52. The Hall–Kier alpha value is -3.05. The molecule has 2 fully saturated rings. The van der Waals surface area contributed by atoms with Crippen LogP contribution < -0.4 is 4.74 Å². The van der Waals surface area contributed by atoms with Crippen molar-refractivity contribution >= 4 is 23.3 Å². The molecule has 1 aliphatic heterocycles. The summed E-state index contributed by atoms with van der Waals surface area (Å²) >= 11 is 1.70. The highest BCUT2D eigenvalue weighted by atomic mass is 32.1. The number of carboxylic acids is 2. The first kappa shape index (κ1) is 31.2. The Kier molecular flexibility index (Phi) is 10.8. The van der Waals surface area contributed by atoms with Gasteiger partial charge in [0.2, 0.25) is 0 Å². The Morgan fingerprint density at radius 1 is 1.13 bits per heavy atom. The van der Waals surface area contributed by atoms with Crippen molar-refractivity contribution < 1.29 is 60.0 Å². The number of ether oxygens (including phenoxy) is 2. The molecule has 2 N–H and O–H groups in total. The molecule has 0 amide bonds. The van der Waals surface area contributed by atoms with Crippen LogP contribution in [0.1, 0.15) is 23.4 Å². The quantitative estimate of drug-likeness (QED) is 0.518. The van der Waals surface area contributed by atoms with Crippen LogP contribution in [-0.2, 0) is 20.9 Å². The van der Waals surface area contributed by atoms with Crippen LogP contribution in [0.4, 0.5) is 30.7 Å². The first-order valence-corrected chi connectivity index (χ1v) is 11.6. The first-order valence-electron chi connectivity index (χ1n) is 10.7. The fourth-order valence-corrected chi connectivity index (χ4v) is 4.38. The van der Waals surface area contributed by atoms with Gasteiger partial charge in [0, 0.05) is 30.2 Å². The Morgan fingerprint density at radius 3 is 2.24 bits per heavy atom. The summed E-state index contributed by atoms with van der Waals surface area (Å²) in [5.74, 6) is -5.86. The molecule has 3 heterocycles. The minimum Gasteiger partial charge on any atom is -0.475 e. The third-order valence-corrected chi connectivity index (χ3v) is 6.23. The van der Waals surface area contributed by atoms with Crippen molar-refractivity contribution in [3.63, 3.8) is 0 Å². The molecule has 212 valence electrons. The lowest BCUT2D eigenvalue weighted by atomic mass is 10.1. The Morgan fingerprint density at radius 2 is 1.74 bits per heavy atom. The second-order valence-corrected chi connectivity index (χ2v) is 8.80. The number of hydrogen-bond donors (Lipinski definition) is 2. The van der Waals surface area contributed by atoms with Crippen molar-refractivity contribution in [2.75, 3.05) is 13.2 Å². The minimum atomic E-state index is -5.08. The summed E-state index contributed by atoms with van der Waals surface area (Å²) in [6.07, 6.45) is -6.96. The number of rotatable bonds is 4. The predicted molar refractivity (Wildman–Crippen MR) is 116 cm³/mol. The SMILES string of the molecule is Cc1ncsc1CN1CCO[C@H]2[C@H](Oc3ncccc3F)CC[C@@H]21.O=C(O)C(F)(F)F.O=C(O)C(F)(F)F. The van der Waals surface area contributed by atoms with E-state index in [0.29, 0.717) is 12.6 Å². The number of hydrogen-bond acceptors (Lipinski definition) is 8. The van der Waals surface area contributed by atoms with Crippen LogP contribution in [0.15, 0.2) is 23.8 Å². The molecule has 1 saturated heterocycles. The van der Waals surface area contributed by atoms with Crippen LogP contribution in [0.3, 0.4) is 0 Å². The first-order chi connectivity index (χ1) is 17.6. The van der Waals surface area contributed by atoms with Crippen LogP contribution in [0.25, 0.3) is 0 Å². The van der Waals surface area contributed by atoms with Crippen LogP contribution in [0.5, 0.6) is 5.88 Å². The summed E-state index contributed by atoms with van der Waals surface area (Å²) in [4.78, 5) is 29.9. The van der Waals surface area contributed by atoms with Crippen LogP contribution in [0, 0.1) is 12.7 Å². The summed E-state index contributed by atoms with van der Waals surface area (Å²) in [6, 6.07) is 3.24. The van der Waals surface area contributed by atoms with E-state index in [1.807, 2.05) is 12.4 Å². The fourth-order valence-electron chi connectivity index (χ4n) is 3.58. The normalized spacial score (nSPS) is 21.3. The number of carbonyl (C=O) groups is 2. The van der Waals surface area contributed by atoms with E-state index in [0.717, 1.165) is 31.6 Å². The van der Waals surface area contributed by atoms with Crippen molar-refractivity contribution in [1.82, 2.24) is 14.9 Å². The Bertz CT molecular complexity index is 1060. The van der Waals surface area contributed by atoms with Gasteiger partial charge < -0.3 is 19.7 Å². The van der Waals surface area contributed by atoms with E-state index in [1.165, 1.54) is 10.9 Å². The molecule has 2 aliphatic rings. The van der Waals surface area contributed by atoms with Crippen LogP contribution >= 0.6 is 11.3 Å². The molecular weight excluding hydrogens is 555 g/mol. The highest BCUT2D eigenvalue weighted by molar-refractivity contribution is 7.09. The van der Waals surface area contributed by atoms with Crippen molar-refractivity contribution in [1.29, 1.82) is 0 Å². The molecule has 9 nitrogen and oxygen atoms in total. The average Bonchev–Trinajstić information content (AvgIpc) is 3.41. The van der Waals surface area contributed by atoms with Gasteiger partial charge in [-0.25, -0.2) is 23.9 Å². The largest absolute Gasteiger partial charge is 0.490 e. The molecule has 3 atom stereocenters. The number of carboxylic acid groups (broad SMARTS) is 2. The summed E-state index contributed by atoms with van der Waals surface area (Å²) < 4.78 is 89.1. The number of fused-ring (bicyclic) bond motifs is 1. The van der Waals surface area contributed by atoms with Crippen LogP contribution in [-0.4, -0.2) is 80.8 Å². The number of morpholine rings is 1. The lowest BCUT2D eigenvalue weighted by Crippen LogP contribution is -2.51. The Balaban J connectivity index is 0.000000301. The van der Waals surface area contributed by atoms with Gasteiger partial charge in [-0.2, -0.15) is 26.3 Å². The summed E-state index contributed by atoms with van der Waals surface area (Å²) in [7, 11) is 0. The lowest BCUT2D eigenvalue weighted by molar-refractivity contribution is -0.193. The van der Waals surface area contributed by atoms with E-state index in [1.54, 1.807) is 23.6 Å². The molecule has 0 aromatic carbocycles. The van der Waals surface area contributed by atoms with Crippen LogP contribution in [0.2, 0.25) is 0 Å². The zero-order chi connectivity index (χ0) is 28.7. The van der Waals surface area contributed by atoms with Gasteiger partial charge in [0.1, 0.15) is 12.2 Å². The average molecular weight is 577 g/mol. The van der Waals surface area contributed by atoms with E-state index in [9.17, 15) is 30.7 Å². The third kappa shape index (κ3) is 9.05. The van der Waals surface area contributed by atoms with E-state index in [4.69, 9.17) is 29.3 Å². The second-order valence-electron chi connectivity index (χ2n) is 7.86. The smallest absolute Gasteiger partial charge is 0.475 e. The van der Waals surface area contributed by atoms with Gasteiger partial charge in [0.15, 0.2) is 5.82 Å². The molecule has 2 aromatic heterocycles. The number of aliphatic carboxylic acids is 2. The van der Waals surface area contributed by atoms with Gasteiger partial charge in [-0.1, -0.05) is 0 Å². The monoisotopic (exact) mass is 577 g/mol. The maximum Gasteiger partial charge on any atom is 0.490 e. The molecular formula is C21H22F7N3O6S. The van der Waals surface area contributed by atoms with Crippen molar-refractivity contribution in [3.8, 4) is 5.88 Å². The maximum absolute atomic E-state index is 13.8. The van der Waals surface area contributed by atoms with Crippen molar-refractivity contribution in [3.05, 3.63) is 40.2 Å². The highest BCUT2D eigenvalue weighted by Crippen LogP contribution is 2.34. The number of thiazole rings is 1. The standard InChI is InChI=1S/C17H20FN3O2S.2C2HF3O2/c1-11-15(24-10-20-11)9-21-7-8-22-16-13(21)4-5-14(16)23-17-12(18)3-2-6-19-17;2*3-2(4,5)1(6)7/h2-3,6,10,13-14,16H,4-5,7-9H2,1H3;2*(H,6,7)/t13-,14+,16+;;/m0../s1. The lowest BCUT2D eigenvalue weighted by Gasteiger charge is -2.38. The van der Waals surface area contributed by atoms with Gasteiger partial charge in [-0.05, 0) is 31.9 Å². The molecule has 0 unspecified atom stereocenters. The summed E-state index contributed by atoms with van der Waals surface area (Å²) in [5.41, 5.74) is 3.00. The minimum absolute atomic E-state index is 0.0339.